The van der Waals surface area contributed by atoms with Gasteiger partial charge in [-0.2, -0.15) is 0 Å². The van der Waals surface area contributed by atoms with Crippen LogP contribution in [0.1, 0.15) is 47.2 Å². The fraction of sp³-hybridized carbons (Fsp3) is 0.0714. The summed E-state index contributed by atoms with van der Waals surface area (Å²) in [5, 5.41) is 2.52. The highest BCUT2D eigenvalue weighted by atomic mass is 15.1. The third-order valence-corrected chi connectivity index (χ3v) is 12.7. The Bertz CT molecular complexity index is 2920. The van der Waals surface area contributed by atoms with Gasteiger partial charge in [0.2, 0.25) is 0 Å². The Kier molecular flexibility index (Phi) is 7.50. The molecule has 0 bridgehead atoms. The summed E-state index contributed by atoms with van der Waals surface area (Å²) in [6, 6.07) is 78.7. The van der Waals surface area contributed by atoms with Crippen LogP contribution in [0.5, 0.6) is 0 Å². The van der Waals surface area contributed by atoms with Gasteiger partial charge in [0.1, 0.15) is 0 Å². The number of rotatable bonds is 5. The van der Waals surface area contributed by atoms with Gasteiger partial charge in [-0.15, -0.1) is 0 Å². The molecule has 0 N–H and O–H groups in total. The van der Waals surface area contributed by atoms with Gasteiger partial charge in [0, 0.05) is 16.8 Å². The van der Waals surface area contributed by atoms with Crippen molar-refractivity contribution in [3.05, 3.63) is 246 Å². The number of anilines is 3. The van der Waals surface area contributed by atoms with E-state index in [1.54, 1.807) is 0 Å². The van der Waals surface area contributed by atoms with Gasteiger partial charge in [0.25, 0.3) is 0 Å². The molecule has 0 amide bonds. The van der Waals surface area contributed by atoms with Crippen molar-refractivity contribution < 1.29 is 0 Å². The summed E-state index contributed by atoms with van der Waals surface area (Å²) in [6.45, 7) is 4.85. The first-order valence-corrected chi connectivity index (χ1v) is 20.0. The van der Waals surface area contributed by atoms with E-state index >= 15 is 0 Å². The molecule has 9 aromatic carbocycles. The third-order valence-electron chi connectivity index (χ3n) is 12.7. The minimum absolute atomic E-state index is 0.314. The Balaban J connectivity index is 1.17. The number of nitrogens with zero attached hydrogens (tertiary/aromatic N) is 1. The number of hydrogen-bond acceptors (Lipinski definition) is 1. The van der Waals surface area contributed by atoms with Crippen LogP contribution in [0.3, 0.4) is 0 Å². The van der Waals surface area contributed by atoms with Crippen LogP contribution < -0.4 is 4.90 Å². The van der Waals surface area contributed by atoms with Crippen molar-refractivity contribution in [2.45, 2.75) is 24.7 Å². The lowest BCUT2D eigenvalue weighted by molar-refractivity contribution is 0.564. The lowest BCUT2D eigenvalue weighted by Gasteiger charge is -2.48. The van der Waals surface area contributed by atoms with Crippen LogP contribution in [0, 0.1) is 0 Å². The third kappa shape index (κ3) is 4.89. The van der Waals surface area contributed by atoms with E-state index in [0.717, 1.165) is 11.4 Å². The van der Waals surface area contributed by atoms with Crippen LogP contribution in [-0.2, 0) is 10.8 Å². The van der Waals surface area contributed by atoms with Crippen molar-refractivity contribution in [2.75, 3.05) is 4.90 Å². The first-order valence-electron chi connectivity index (χ1n) is 20.0. The summed E-state index contributed by atoms with van der Waals surface area (Å²) >= 11 is 0. The fourth-order valence-corrected chi connectivity index (χ4v) is 10.3. The van der Waals surface area contributed by atoms with Crippen molar-refractivity contribution in [3.63, 3.8) is 0 Å². The second-order valence-electron chi connectivity index (χ2n) is 16.0. The van der Waals surface area contributed by atoms with E-state index in [0.29, 0.717) is 0 Å². The molecule has 2 aliphatic carbocycles. The normalized spacial score (nSPS) is 14.1. The van der Waals surface area contributed by atoms with E-state index in [4.69, 9.17) is 0 Å². The van der Waals surface area contributed by atoms with E-state index in [2.05, 4.69) is 231 Å². The second-order valence-corrected chi connectivity index (χ2v) is 16.0. The molecule has 0 radical (unpaired) electrons. The van der Waals surface area contributed by atoms with Gasteiger partial charge in [-0.25, -0.2) is 0 Å². The molecule has 57 heavy (non-hydrogen) atoms. The van der Waals surface area contributed by atoms with Gasteiger partial charge in [-0.1, -0.05) is 196 Å². The van der Waals surface area contributed by atoms with Crippen LogP contribution >= 0.6 is 0 Å². The van der Waals surface area contributed by atoms with Crippen LogP contribution in [0.2, 0.25) is 0 Å². The highest BCUT2D eigenvalue weighted by Gasteiger charge is 2.54. The molecule has 1 heteroatoms. The van der Waals surface area contributed by atoms with E-state index in [1.807, 2.05) is 0 Å². The van der Waals surface area contributed by atoms with E-state index < -0.39 is 5.41 Å². The number of fused-ring (bicyclic) bond motifs is 10. The van der Waals surface area contributed by atoms with Gasteiger partial charge >= 0.3 is 0 Å². The molecular formula is C56H41N. The highest BCUT2D eigenvalue weighted by molar-refractivity contribution is 5.97. The Hall–Kier alpha value is -6.96. The number of hydrogen-bond donors (Lipinski definition) is 0. The fourth-order valence-electron chi connectivity index (χ4n) is 10.3. The monoisotopic (exact) mass is 727 g/mol. The molecule has 0 aliphatic heterocycles. The van der Waals surface area contributed by atoms with Crippen LogP contribution in [0.25, 0.3) is 44.2 Å². The smallest absolute Gasteiger partial charge is 0.0720 e. The largest absolute Gasteiger partial charge is 0.310 e. The van der Waals surface area contributed by atoms with Crippen LogP contribution in [0.4, 0.5) is 17.1 Å². The maximum atomic E-state index is 2.50. The average molecular weight is 728 g/mol. The topological polar surface area (TPSA) is 3.24 Å². The second kappa shape index (κ2) is 12.8. The molecule has 0 saturated carbocycles. The van der Waals surface area contributed by atoms with Gasteiger partial charge in [0.05, 0.1) is 11.1 Å². The molecular weight excluding hydrogens is 687 g/mol. The van der Waals surface area contributed by atoms with Crippen molar-refractivity contribution >= 4 is 27.8 Å². The Labute approximate surface area is 335 Å². The van der Waals surface area contributed by atoms with Crippen molar-refractivity contribution in [2.24, 2.45) is 0 Å². The number of benzene rings is 9. The molecule has 270 valence electrons. The quantitative estimate of drug-likeness (QED) is 0.171. The van der Waals surface area contributed by atoms with Gasteiger partial charge in [-0.3, -0.25) is 0 Å². The van der Waals surface area contributed by atoms with Crippen molar-refractivity contribution in [1.82, 2.24) is 0 Å². The van der Waals surface area contributed by atoms with Gasteiger partial charge in [-0.05, 0) is 108 Å². The maximum absolute atomic E-state index is 2.50. The lowest BCUT2D eigenvalue weighted by Crippen LogP contribution is -2.41. The summed E-state index contributed by atoms with van der Waals surface area (Å²) in [7, 11) is 0. The first kappa shape index (κ1) is 33.4. The molecule has 9 aromatic rings. The summed E-state index contributed by atoms with van der Waals surface area (Å²) < 4.78 is 0. The minimum atomic E-state index is -0.467. The average Bonchev–Trinajstić information content (AvgIpc) is 3.57. The first-order chi connectivity index (χ1) is 28.0. The summed E-state index contributed by atoms with van der Waals surface area (Å²) in [6.07, 6.45) is 0. The van der Waals surface area contributed by atoms with E-state index in [1.165, 1.54) is 83.2 Å². The molecule has 0 aromatic heterocycles. The minimum Gasteiger partial charge on any atom is -0.310 e. The zero-order valence-corrected chi connectivity index (χ0v) is 32.2. The van der Waals surface area contributed by atoms with Crippen LogP contribution in [-0.4, -0.2) is 0 Å². The summed E-state index contributed by atoms with van der Waals surface area (Å²) in [4.78, 5) is 2.50. The summed E-state index contributed by atoms with van der Waals surface area (Å²) in [5.74, 6) is 0. The summed E-state index contributed by atoms with van der Waals surface area (Å²) in [5.41, 5.74) is 18.3. The zero-order chi connectivity index (χ0) is 38.1. The molecule has 0 atom stereocenters. The highest BCUT2D eigenvalue weighted by Crippen LogP contribution is 2.63. The molecule has 1 spiro atoms. The van der Waals surface area contributed by atoms with Crippen LogP contribution in [0.15, 0.2) is 212 Å². The molecule has 0 saturated heterocycles. The standard InChI is InChI=1S/C56H41N/c1-55(2)50-26-12-13-27-51(50)56(48-24-10-8-21-46(48)47-22-9-11-25-49(47)56)52-28-15-29-53(54(52)55)57(42-34-30-39(31-35-42)38-16-4-3-5-17-38)43-36-32-41(33-37-43)45-23-14-19-40-18-6-7-20-44(40)45/h3-37H,1-2H3. The molecule has 0 unspecified atom stereocenters. The molecule has 1 nitrogen and oxygen atoms in total. The van der Waals surface area contributed by atoms with E-state index in [9.17, 15) is 0 Å². The molecule has 2 aliphatic rings. The van der Waals surface area contributed by atoms with Crippen molar-refractivity contribution in [3.8, 4) is 33.4 Å². The predicted molar refractivity (Wildman–Crippen MR) is 239 cm³/mol. The van der Waals surface area contributed by atoms with Gasteiger partial charge < -0.3 is 4.90 Å². The SMILES string of the molecule is CC1(C)c2ccccc2C2(c3ccccc3-c3ccccc32)c2cccc(N(c3ccc(-c4ccccc4)cc3)c3ccc(-c4cccc5ccccc45)cc3)c21. The molecule has 0 fully saturated rings. The Morgan fingerprint density at radius 3 is 1.49 bits per heavy atom. The van der Waals surface area contributed by atoms with Gasteiger partial charge in [0.15, 0.2) is 0 Å². The molecule has 0 heterocycles. The lowest BCUT2D eigenvalue weighted by atomic mass is 9.55. The Morgan fingerprint density at radius 1 is 0.333 bits per heavy atom. The maximum Gasteiger partial charge on any atom is 0.0720 e. The molecule has 11 rings (SSSR count). The van der Waals surface area contributed by atoms with E-state index in [-0.39, 0.29) is 5.41 Å². The Morgan fingerprint density at radius 2 is 0.807 bits per heavy atom. The predicted octanol–water partition coefficient (Wildman–Crippen LogP) is 14.6. The zero-order valence-electron chi connectivity index (χ0n) is 32.2. The van der Waals surface area contributed by atoms with Crippen molar-refractivity contribution in [1.29, 1.82) is 0 Å².